The van der Waals surface area contributed by atoms with E-state index in [4.69, 9.17) is 5.41 Å². The molecule has 0 spiro atoms. The molecule has 1 aliphatic heterocycles. The fraction of sp³-hybridized carbons (Fsp3) is 0.158. The summed E-state index contributed by atoms with van der Waals surface area (Å²) in [6, 6.07) is 4.09. The van der Waals surface area contributed by atoms with Crippen LogP contribution in [0.1, 0.15) is 29.1 Å². The average Bonchev–Trinajstić information content (AvgIpc) is 3.16. The molecule has 0 atom stereocenters. The molecule has 0 saturated heterocycles. The number of sulfone groups is 1. The minimum atomic E-state index is -3.81. The molecule has 0 aliphatic carbocycles. The van der Waals surface area contributed by atoms with Crippen molar-refractivity contribution >= 4 is 50.0 Å². The maximum atomic E-state index is 12.7. The van der Waals surface area contributed by atoms with Crippen molar-refractivity contribution in [2.24, 2.45) is 0 Å². The number of nitrogens with one attached hydrogen (secondary N) is 4. The second-order valence-corrected chi connectivity index (χ2v) is 9.51. The smallest absolute Gasteiger partial charge is 0.252 e. The molecule has 156 valence electrons. The van der Waals surface area contributed by atoms with Crippen LogP contribution in [0.5, 0.6) is 0 Å². The third-order valence-corrected chi connectivity index (χ3v) is 7.40. The summed E-state index contributed by atoms with van der Waals surface area (Å²) in [4.78, 5) is 29.6. The van der Waals surface area contributed by atoms with Crippen molar-refractivity contribution in [2.75, 3.05) is 10.6 Å². The fourth-order valence-corrected chi connectivity index (χ4v) is 4.84. The summed E-state index contributed by atoms with van der Waals surface area (Å²) in [7, 11) is -3.81. The van der Waals surface area contributed by atoms with E-state index >= 15 is 0 Å². The van der Waals surface area contributed by atoms with Crippen molar-refractivity contribution in [1.29, 1.82) is 5.41 Å². The van der Waals surface area contributed by atoms with E-state index in [1.807, 2.05) is 0 Å². The predicted molar refractivity (Wildman–Crippen MR) is 115 cm³/mol. The van der Waals surface area contributed by atoms with Gasteiger partial charge in [-0.1, -0.05) is 11.3 Å². The maximum absolute atomic E-state index is 12.7. The number of allylic oxidation sites excluding steroid dienone is 2. The molecule has 0 fully saturated rings. The molecule has 0 radical (unpaired) electrons. The van der Waals surface area contributed by atoms with E-state index in [0.29, 0.717) is 5.13 Å². The van der Waals surface area contributed by atoms with E-state index in [9.17, 15) is 18.0 Å². The first-order valence-electron chi connectivity index (χ1n) is 8.77. The second kappa shape index (κ2) is 8.59. The van der Waals surface area contributed by atoms with Crippen molar-refractivity contribution in [1.82, 2.24) is 10.3 Å². The summed E-state index contributed by atoms with van der Waals surface area (Å²) >= 11 is 1.34. The minimum Gasteiger partial charge on any atom is -0.347 e. The summed E-state index contributed by atoms with van der Waals surface area (Å²) < 4.78 is 25.4. The Morgan fingerprint density at radius 3 is 2.83 bits per heavy atom. The zero-order valence-electron chi connectivity index (χ0n) is 16.1. The van der Waals surface area contributed by atoms with Crippen LogP contribution < -0.4 is 16.0 Å². The summed E-state index contributed by atoms with van der Waals surface area (Å²) in [5.74, 6) is -0.934. The Bertz CT molecular complexity index is 1200. The van der Waals surface area contributed by atoms with Crippen molar-refractivity contribution < 1.29 is 18.0 Å². The number of hydrogen-bond acceptors (Lipinski definition) is 8. The molecule has 1 aliphatic rings. The summed E-state index contributed by atoms with van der Waals surface area (Å²) in [5.41, 5.74) is 0.409. The fourth-order valence-electron chi connectivity index (χ4n) is 2.64. The van der Waals surface area contributed by atoms with Crippen molar-refractivity contribution in [2.45, 2.75) is 25.3 Å². The lowest BCUT2D eigenvalue weighted by atomic mass is 10.1. The van der Waals surface area contributed by atoms with Crippen molar-refractivity contribution in [3.8, 4) is 0 Å². The van der Waals surface area contributed by atoms with Crippen LogP contribution >= 0.6 is 11.3 Å². The number of benzene rings is 1. The Labute approximate surface area is 177 Å². The standard InChI is InChI=1S/C19H19N5O4S2/c1-11-12(2)30(27,28)16-5-4-13(8-15(16)24-17(11)25)18(26)22-9-14-10-23-19(29-14)21-7-3-6-20/h3-8,10,20H,9H2,1-2H3,(H,21,23)(H,22,26)(H,24,25)/b7-3-,20-6?. The van der Waals surface area contributed by atoms with Gasteiger partial charge in [-0.15, -0.1) is 0 Å². The molecule has 30 heavy (non-hydrogen) atoms. The lowest BCUT2D eigenvalue weighted by molar-refractivity contribution is -0.112. The predicted octanol–water partition coefficient (Wildman–Crippen LogP) is 2.67. The Kier molecular flexibility index (Phi) is 6.13. The van der Waals surface area contributed by atoms with E-state index in [1.54, 1.807) is 12.4 Å². The molecule has 1 aromatic carbocycles. The number of rotatable bonds is 6. The van der Waals surface area contributed by atoms with Gasteiger partial charge in [-0.05, 0) is 38.1 Å². The quantitative estimate of drug-likeness (QED) is 0.504. The van der Waals surface area contributed by atoms with E-state index in [2.05, 4.69) is 20.9 Å². The molecular formula is C19H19N5O4S2. The van der Waals surface area contributed by atoms with Gasteiger partial charge >= 0.3 is 0 Å². The van der Waals surface area contributed by atoms with E-state index < -0.39 is 21.7 Å². The van der Waals surface area contributed by atoms with Crippen LogP contribution in [0, 0.1) is 5.41 Å². The lowest BCUT2D eigenvalue weighted by Crippen LogP contribution is -2.22. The van der Waals surface area contributed by atoms with Crippen LogP contribution in [0.4, 0.5) is 10.8 Å². The molecule has 2 aromatic rings. The Balaban J connectivity index is 1.75. The zero-order valence-corrected chi connectivity index (χ0v) is 17.8. The van der Waals surface area contributed by atoms with Gasteiger partial charge in [-0.3, -0.25) is 9.59 Å². The zero-order chi connectivity index (χ0) is 21.9. The lowest BCUT2D eigenvalue weighted by Gasteiger charge is -2.10. The number of fused-ring (bicyclic) bond motifs is 1. The molecule has 2 amide bonds. The summed E-state index contributed by atoms with van der Waals surface area (Å²) in [6.45, 7) is 3.06. The molecule has 0 unspecified atom stereocenters. The van der Waals surface area contributed by atoms with Gasteiger partial charge in [0.1, 0.15) is 0 Å². The van der Waals surface area contributed by atoms with Gasteiger partial charge < -0.3 is 21.4 Å². The number of carbonyl (C=O) groups excluding carboxylic acids is 2. The van der Waals surface area contributed by atoms with Crippen LogP contribution in [0.15, 0.2) is 52.0 Å². The highest BCUT2D eigenvalue weighted by Crippen LogP contribution is 2.32. The van der Waals surface area contributed by atoms with Gasteiger partial charge in [-0.25, -0.2) is 13.4 Å². The van der Waals surface area contributed by atoms with Gasteiger partial charge in [0.2, 0.25) is 9.84 Å². The van der Waals surface area contributed by atoms with Gasteiger partial charge in [0.25, 0.3) is 11.8 Å². The molecule has 3 rings (SSSR count). The monoisotopic (exact) mass is 445 g/mol. The van der Waals surface area contributed by atoms with Crippen LogP contribution in [0.2, 0.25) is 0 Å². The number of amides is 2. The molecule has 0 saturated carbocycles. The number of carbonyl (C=O) groups is 2. The highest BCUT2D eigenvalue weighted by atomic mass is 32.2. The van der Waals surface area contributed by atoms with Crippen LogP contribution in [-0.2, 0) is 21.2 Å². The van der Waals surface area contributed by atoms with Crippen LogP contribution in [-0.4, -0.2) is 31.4 Å². The molecule has 4 N–H and O–H groups in total. The van der Waals surface area contributed by atoms with Crippen molar-refractivity contribution in [3.05, 3.63) is 57.6 Å². The molecule has 2 heterocycles. The number of anilines is 2. The summed E-state index contributed by atoms with van der Waals surface area (Å²) in [5, 5.41) is 15.7. The Hall–Kier alpha value is -3.31. The third-order valence-electron chi connectivity index (χ3n) is 4.43. The highest BCUT2D eigenvalue weighted by Gasteiger charge is 2.29. The molecule has 0 bridgehead atoms. The first kappa shape index (κ1) is 21.4. The molecule has 9 nitrogen and oxygen atoms in total. The van der Waals surface area contributed by atoms with E-state index in [0.717, 1.165) is 11.1 Å². The third kappa shape index (κ3) is 4.31. The second-order valence-electron chi connectivity index (χ2n) is 6.33. The highest BCUT2D eigenvalue weighted by molar-refractivity contribution is 7.95. The topological polar surface area (TPSA) is 141 Å². The average molecular weight is 446 g/mol. The number of aromatic nitrogens is 1. The summed E-state index contributed by atoms with van der Waals surface area (Å²) in [6.07, 6.45) is 5.84. The van der Waals surface area contributed by atoms with E-state index in [1.165, 1.54) is 49.5 Å². The largest absolute Gasteiger partial charge is 0.347 e. The number of nitrogens with zero attached hydrogens (tertiary/aromatic N) is 1. The molecule has 11 heteroatoms. The molecule has 1 aromatic heterocycles. The van der Waals surface area contributed by atoms with E-state index in [-0.39, 0.29) is 33.2 Å². The SMILES string of the molecule is CC1=C(C)S(=O)(=O)c2ccc(C(=O)NCc3cnc(N/C=C\C=N)s3)cc2NC1=O. The van der Waals surface area contributed by atoms with Crippen molar-refractivity contribution in [3.63, 3.8) is 0 Å². The first-order chi connectivity index (χ1) is 14.2. The maximum Gasteiger partial charge on any atom is 0.252 e. The minimum absolute atomic E-state index is 0.0129. The normalized spacial score (nSPS) is 15.3. The Morgan fingerprint density at radius 1 is 1.33 bits per heavy atom. The Morgan fingerprint density at radius 2 is 2.10 bits per heavy atom. The van der Waals surface area contributed by atoms with Gasteiger partial charge in [0.05, 0.1) is 22.0 Å². The first-order valence-corrected chi connectivity index (χ1v) is 11.1. The number of thiazole rings is 1. The number of hydrogen-bond donors (Lipinski definition) is 4. The van der Waals surface area contributed by atoms with Gasteiger partial charge in [-0.2, -0.15) is 0 Å². The van der Waals surface area contributed by atoms with Gasteiger partial charge in [0, 0.05) is 34.6 Å². The van der Waals surface area contributed by atoms with Crippen LogP contribution in [0.25, 0.3) is 0 Å². The van der Waals surface area contributed by atoms with Gasteiger partial charge in [0.15, 0.2) is 5.13 Å². The van der Waals surface area contributed by atoms with Crippen LogP contribution in [0.3, 0.4) is 0 Å². The molecular weight excluding hydrogens is 426 g/mol.